The van der Waals surface area contributed by atoms with Gasteiger partial charge < -0.3 is 30.1 Å². The number of aromatic nitrogens is 2. The number of piperidine rings is 1. The number of nitrogens with one attached hydrogen (secondary N) is 2. The van der Waals surface area contributed by atoms with Gasteiger partial charge in [0, 0.05) is 36.8 Å². The molecule has 2 saturated heterocycles. The van der Waals surface area contributed by atoms with Crippen LogP contribution in [0.4, 0.5) is 31.9 Å². The molecule has 2 bridgehead atoms. The Kier molecular flexibility index (Phi) is 7.67. The molecule has 2 amide bonds. The number of hydrogen-bond acceptors (Lipinski definition) is 8. The zero-order valence-corrected chi connectivity index (χ0v) is 24.4. The van der Waals surface area contributed by atoms with Gasteiger partial charge in [0.2, 0.25) is 5.95 Å². The maximum Gasteiger partial charge on any atom is 0.342 e. The number of alkyl halides is 2. The molecule has 6 rings (SSSR count). The minimum absolute atomic E-state index is 0.141. The van der Waals surface area contributed by atoms with Gasteiger partial charge in [-0.15, -0.1) is 0 Å². The average Bonchev–Trinajstić information content (AvgIpc) is 3.15. The molecule has 12 heteroatoms. The van der Waals surface area contributed by atoms with Crippen molar-refractivity contribution >= 4 is 35.0 Å². The highest BCUT2D eigenvalue weighted by Gasteiger charge is 2.48. The molecule has 226 valence electrons. The van der Waals surface area contributed by atoms with Gasteiger partial charge in [-0.2, -0.15) is 13.8 Å². The van der Waals surface area contributed by atoms with Crippen LogP contribution in [0.25, 0.3) is 0 Å². The second kappa shape index (κ2) is 11.3. The highest BCUT2D eigenvalue weighted by Crippen LogP contribution is 2.40. The number of fused-ring (bicyclic) bond motifs is 3. The first-order valence-electron chi connectivity index (χ1n) is 14.9. The van der Waals surface area contributed by atoms with E-state index in [4.69, 9.17) is 4.74 Å². The van der Waals surface area contributed by atoms with Crippen LogP contribution < -0.4 is 25.2 Å². The third kappa shape index (κ3) is 5.36. The first-order valence-corrected chi connectivity index (χ1v) is 14.9. The van der Waals surface area contributed by atoms with Crippen LogP contribution in [0.2, 0.25) is 0 Å². The van der Waals surface area contributed by atoms with Gasteiger partial charge in [-0.25, -0.2) is 4.98 Å². The van der Waals surface area contributed by atoms with Crippen LogP contribution in [0, 0.1) is 0 Å². The standard InChI is InChI=1S/C30H39F2N7O3/c1-37-21-10-11-22(37)15-19(14-21)34-27(40)18-9-12-23(25(13-18)42-3)35-29-33-16-24-26(36-29)39(20-7-5-4-6-8-20)17-30(31,32)28(41)38(24)2/h9,12-13,16,19-22H,4-8,10-11,14-15,17H2,1-3H3,(H,34,40)(H,33,35,36). The van der Waals surface area contributed by atoms with Gasteiger partial charge in [0.1, 0.15) is 11.4 Å². The lowest BCUT2D eigenvalue weighted by molar-refractivity contribution is -0.140. The Bertz CT molecular complexity index is 1340. The lowest BCUT2D eigenvalue weighted by Crippen LogP contribution is -2.49. The van der Waals surface area contributed by atoms with Crippen molar-refractivity contribution in [2.24, 2.45) is 0 Å². The summed E-state index contributed by atoms with van der Waals surface area (Å²) in [5.41, 5.74) is 1.26. The summed E-state index contributed by atoms with van der Waals surface area (Å²) in [6.07, 6.45) is 10.1. The highest BCUT2D eigenvalue weighted by molar-refractivity contribution is 6.02. The van der Waals surface area contributed by atoms with Gasteiger partial charge in [-0.1, -0.05) is 19.3 Å². The largest absolute Gasteiger partial charge is 0.495 e. The van der Waals surface area contributed by atoms with E-state index in [0.29, 0.717) is 34.9 Å². The molecule has 2 aromatic rings. The number of amides is 2. The second-order valence-electron chi connectivity index (χ2n) is 12.1. The monoisotopic (exact) mass is 583 g/mol. The number of rotatable bonds is 6. The summed E-state index contributed by atoms with van der Waals surface area (Å²) in [6, 6.07) is 6.16. The van der Waals surface area contributed by atoms with Gasteiger partial charge in [-0.05, 0) is 63.8 Å². The van der Waals surface area contributed by atoms with Crippen LogP contribution in [-0.4, -0.2) is 84.5 Å². The maximum absolute atomic E-state index is 15.0. The number of carbonyl (C=O) groups is 2. The third-order valence-corrected chi connectivity index (χ3v) is 9.53. The van der Waals surface area contributed by atoms with Crippen molar-refractivity contribution < 1.29 is 23.1 Å². The van der Waals surface area contributed by atoms with Crippen molar-refractivity contribution in [2.75, 3.05) is 42.9 Å². The van der Waals surface area contributed by atoms with Crippen LogP contribution in [-0.2, 0) is 4.79 Å². The number of methoxy groups -OCH3 is 1. The Hall–Kier alpha value is -3.54. The zero-order chi connectivity index (χ0) is 29.6. The van der Waals surface area contributed by atoms with Gasteiger partial charge in [0.15, 0.2) is 5.82 Å². The molecule has 1 aromatic carbocycles. The minimum Gasteiger partial charge on any atom is -0.495 e. The molecule has 1 aromatic heterocycles. The number of nitrogens with zero attached hydrogens (tertiary/aromatic N) is 5. The fourth-order valence-corrected chi connectivity index (χ4v) is 7.13. The Balaban J connectivity index is 1.23. The molecule has 3 aliphatic heterocycles. The number of carbonyl (C=O) groups excluding carboxylic acids is 2. The molecule has 1 aliphatic carbocycles. The van der Waals surface area contributed by atoms with Gasteiger partial charge in [-0.3, -0.25) is 9.59 Å². The van der Waals surface area contributed by atoms with E-state index in [-0.39, 0.29) is 29.6 Å². The molecule has 0 radical (unpaired) electrons. The van der Waals surface area contributed by atoms with E-state index in [2.05, 4.69) is 32.5 Å². The molecule has 2 unspecified atom stereocenters. The summed E-state index contributed by atoms with van der Waals surface area (Å²) in [4.78, 5) is 39.7. The van der Waals surface area contributed by atoms with Crippen molar-refractivity contribution in [3.05, 3.63) is 30.0 Å². The van der Waals surface area contributed by atoms with Gasteiger partial charge in [0.25, 0.3) is 11.8 Å². The van der Waals surface area contributed by atoms with Crippen LogP contribution in [0.1, 0.15) is 68.1 Å². The van der Waals surface area contributed by atoms with Crippen molar-refractivity contribution in [3.63, 3.8) is 0 Å². The fourth-order valence-electron chi connectivity index (χ4n) is 7.13. The first-order chi connectivity index (χ1) is 20.1. The Morgan fingerprint density at radius 3 is 2.45 bits per heavy atom. The maximum atomic E-state index is 15.0. The second-order valence-corrected chi connectivity index (χ2v) is 12.1. The van der Waals surface area contributed by atoms with Crippen molar-refractivity contribution in [1.82, 2.24) is 20.2 Å². The molecular formula is C30H39F2N7O3. The van der Waals surface area contributed by atoms with E-state index >= 15 is 0 Å². The predicted molar refractivity (Wildman–Crippen MR) is 156 cm³/mol. The Labute approximate surface area is 244 Å². The molecule has 10 nitrogen and oxygen atoms in total. The number of ether oxygens (including phenoxy) is 1. The molecular weight excluding hydrogens is 544 g/mol. The summed E-state index contributed by atoms with van der Waals surface area (Å²) < 4.78 is 35.6. The minimum atomic E-state index is -3.55. The molecule has 42 heavy (non-hydrogen) atoms. The molecule has 3 fully saturated rings. The Morgan fingerprint density at radius 2 is 1.76 bits per heavy atom. The van der Waals surface area contributed by atoms with E-state index in [0.717, 1.165) is 49.8 Å². The summed E-state index contributed by atoms with van der Waals surface area (Å²) in [5.74, 6) is -4.06. The van der Waals surface area contributed by atoms with E-state index in [1.54, 1.807) is 23.1 Å². The number of halogens is 2. The zero-order valence-electron chi connectivity index (χ0n) is 24.4. The molecule has 2 N–H and O–H groups in total. The quantitative estimate of drug-likeness (QED) is 0.518. The molecule has 0 spiro atoms. The summed E-state index contributed by atoms with van der Waals surface area (Å²) >= 11 is 0. The molecule has 1 saturated carbocycles. The molecule has 2 atom stereocenters. The third-order valence-electron chi connectivity index (χ3n) is 9.53. The summed E-state index contributed by atoms with van der Waals surface area (Å²) in [7, 11) is 5.02. The van der Waals surface area contributed by atoms with Crippen LogP contribution >= 0.6 is 0 Å². The predicted octanol–water partition coefficient (Wildman–Crippen LogP) is 4.33. The van der Waals surface area contributed by atoms with Gasteiger partial charge in [0.05, 0.1) is 25.5 Å². The number of benzene rings is 1. The summed E-state index contributed by atoms with van der Waals surface area (Å²) in [5, 5.41) is 6.34. The van der Waals surface area contributed by atoms with Crippen molar-refractivity contribution in [1.29, 1.82) is 0 Å². The van der Waals surface area contributed by atoms with Crippen molar-refractivity contribution in [3.8, 4) is 5.75 Å². The summed E-state index contributed by atoms with van der Waals surface area (Å²) in [6.45, 7) is -0.726. The van der Waals surface area contributed by atoms with Crippen molar-refractivity contribution in [2.45, 2.75) is 87.9 Å². The van der Waals surface area contributed by atoms with Crippen LogP contribution in [0.15, 0.2) is 24.4 Å². The van der Waals surface area contributed by atoms with E-state index < -0.39 is 18.4 Å². The smallest absolute Gasteiger partial charge is 0.342 e. The number of anilines is 4. The lowest BCUT2D eigenvalue weighted by Gasteiger charge is -2.36. The van der Waals surface area contributed by atoms with E-state index in [1.165, 1.54) is 33.2 Å². The van der Waals surface area contributed by atoms with Gasteiger partial charge >= 0.3 is 5.92 Å². The topological polar surface area (TPSA) is 103 Å². The number of hydrogen-bond donors (Lipinski definition) is 2. The molecule has 4 heterocycles. The average molecular weight is 584 g/mol. The van der Waals surface area contributed by atoms with E-state index in [9.17, 15) is 18.4 Å². The fraction of sp³-hybridized carbons (Fsp3) is 0.600. The normalized spacial score (nSPS) is 26.0. The van der Waals surface area contributed by atoms with E-state index in [1.807, 2.05) is 0 Å². The SMILES string of the molecule is COc1cc(C(=O)NC2CC3CCC(C2)N3C)ccc1Nc1ncc2c(n1)N(C1CCCCC1)CC(F)(F)C(=O)N2C. The van der Waals surface area contributed by atoms with Crippen LogP contribution in [0.3, 0.4) is 0 Å². The lowest BCUT2D eigenvalue weighted by atomic mass is 9.94. The Morgan fingerprint density at radius 1 is 1.05 bits per heavy atom. The first kappa shape index (κ1) is 28.6. The van der Waals surface area contributed by atoms with Crippen LogP contribution in [0.5, 0.6) is 5.75 Å². The highest BCUT2D eigenvalue weighted by atomic mass is 19.3. The molecule has 4 aliphatic rings.